The van der Waals surface area contributed by atoms with Crippen LogP contribution in [0, 0.1) is 0 Å². The average Bonchev–Trinajstić information content (AvgIpc) is 3.68. The minimum atomic E-state index is 0.913. The van der Waals surface area contributed by atoms with E-state index in [1.54, 1.807) is 6.20 Å². The van der Waals surface area contributed by atoms with Crippen molar-refractivity contribution in [3.8, 4) is 17.2 Å². The number of para-hydroxylation sites is 2. The molecule has 0 aliphatic rings. The van der Waals surface area contributed by atoms with Gasteiger partial charge < -0.3 is 4.57 Å². The molecule has 0 N–H and O–H groups in total. The molecule has 4 aromatic heterocycles. The third kappa shape index (κ3) is 2.91. The van der Waals surface area contributed by atoms with Gasteiger partial charge in [-0.05, 0) is 60.7 Å². The standard InChI is InChI=1S/C32H21N5/c1-3-13-28-24(11-1)26-20-27-25-12-2-4-14-29(25)37(32-15-5-6-16-33-32)31(27)21-30(26)36(28)23-10-7-9-22(19-23)35-18-8-17-34-35/h1-21H. The summed E-state index contributed by atoms with van der Waals surface area (Å²) in [7, 11) is 0. The summed E-state index contributed by atoms with van der Waals surface area (Å²) in [6, 6.07) is 38.4. The number of hydrogen-bond donors (Lipinski definition) is 0. The van der Waals surface area contributed by atoms with Gasteiger partial charge in [-0.3, -0.25) is 4.57 Å². The molecule has 0 aliphatic carbocycles. The average molecular weight is 476 g/mol. The molecule has 0 amide bonds. The highest BCUT2D eigenvalue weighted by Gasteiger charge is 2.18. The fourth-order valence-corrected chi connectivity index (χ4v) is 5.64. The van der Waals surface area contributed by atoms with Crippen LogP contribution in [-0.4, -0.2) is 23.9 Å². The van der Waals surface area contributed by atoms with Crippen molar-refractivity contribution in [2.24, 2.45) is 0 Å². The molecular weight excluding hydrogens is 454 g/mol. The van der Waals surface area contributed by atoms with Gasteiger partial charge in [0.2, 0.25) is 0 Å². The van der Waals surface area contributed by atoms with E-state index in [1.807, 2.05) is 35.3 Å². The zero-order chi connectivity index (χ0) is 24.3. The van der Waals surface area contributed by atoms with Crippen LogP contribution < -0.4 is 0 Å². The van der Waals surface area contributed by atoms with E-state index in [4.69, 9.17) is 4.98 Å². The molecule has 0 spiro atoms. The van der Waals surface area contributed by atoms with Gasteiger partial charge in [0.15, 0.2) is 0 Å². The van der Waals surface area contributed by atoms with Gasteiger partial charge >= 0.3 is 0 Å². The van der Waals surface area contributed by atoms with E-state index in [-0.39, 0.29) is 0 Å². The Labute approximate surface area is 212 Å². The molecular formula is C32H21N5. The van der Waals surface area contributed by atoms with Gasteiger partial charge in [-0.25, -0.2) is 9.67 Å². The summed E-state index contributed by atoms with van der Waals surface area (Å²) in [4.78, 5) is 4.71. The largest absolute Gasteiger partial charge is 0.309 e. The van der Waals surface area contributed by atoms with Gasteiger partial charge in [-0.1, -0.05) is 48.5 Å². The summed E-state index contributed by atoms with van der Waals surface area (Å²) in [5, 5.41) is 9.36. The quantitative estimate of drug-likeness (QED) is 0.266. The molecule has 0 fully saturated rings. The Bertz CT molecular complexity index is 2080. The Kier molecular flexibility index (Phi) is 4.16. The molecule has 8 aromatic rings. The fraction of sp³-hybridized carbons (Fsp3) is 0. The second-order valence-electron chi connectivity index (χ2n) is 9.25. The van der Waals surface area contributed by atoms with Crippen molar-refractivity contribution in [1.29, 1.82) is 0 Å². The number of pyridine rings is 1. The third-order valence-electron chi connectivity index (χ3n) is 7.20. The van der Waals surface area contributed by atoms with E-state index >= 15 is 0 Å². The van der Waals surface area contributed by atoms with Gasteiger partial charge in [0.25, 0.3) is 0 Å². The Morgan fingerprint density at radius 1 is 0.459 bits per heavy atom. The SMILES string of the molecule is c1ccc(-n2c3ccccc3c3cc4c5ccccc5n(-c5cccc(-n6cccn6)c5)c4cc32)nc1. The maximum Gasteiger partial charge on any atom is 0.137 e. The van der Waals surface area contributed by atoms with Crippen LogP contribution in [0.3, 0.4) is 0 Å². The van der Waals surface area contributed by atoms with E-state index in [0.29, 0.717) is 0 Å². The topological polar surface area (TPSA) is 40.6 Å². The lowest BCUT2D eigenvalue weighted by Gasteiger charge is -2.11. The first kappa shape index (κ1) is 20.1. The number of benzene rings is 4. The Balaban J connectivity index is 1.52. The smallest absolute Gasteiger partial charge is 0.137 e. The van der Waals surface area contributed by atoms with Crippen molar-refractivity contribution in [3.63, 3.8) is 0 Å². The highest BCUT2D eigenvalue weighted by molar-refractivity contribution is 6.19. The van der Waals surface area contributed by atoms with Crippen molar-refractivity contribution in [2.45, 2.75) is 0 Å². The van der Waals surface area contributed by atoms with Crippen LogP contribution >= 0.6 is 0 Å². The van der Waals surface area contributed by atoms with E-state index in [1.165, 1.54) is 27.1 Å². The normalized spacial score (nSPS) is 11.8. The van der Waals surface area contributed by atoms with Gasteiger partial charge in [-0.2, -0.15) is 5.10 Å². The third-order valence-corrected chi connectivity index (χ3v) is 7.20. The van der Waals surface area contributed by atoms with Gasteiger partial charge in [0.05, 0.1) is 27.8 Å². The molecule has 0 aliphatic heterocycles. The van der Waals surface area contributed by atoms with Crippen molar-refractivity contribution < 1.29 is 0 Å². The molecule has 5 heteroatoms. The number of fused-ring (bicyclic) bond motifs is 6. The fourth-order valence-electron chi connectivity index (χ4n) is 5.64. The number of aromatic nitrogens is 5. The van der Waals surface area contributed by atoms with Crippen molar-refractivity contribution in [2.75, 3.05) is 0 Å². The maximum atomic E-state index is 4.71. The van der Waals surface area contributed by atoms with Gasteiger partial charge in [-0.15, -0.1) is 0 Å². The number of hydrogen-bond acceptors (Lipinski definition) is 2. The first-order valence-corrected chi connectivity index (χ1v) is 12.3. The molecule has 0 radical (unpaired) electrons. The predicted octanol–water partition coefficient (Wildman–Crippen LogP) is 7.46. The summed E-state index contributed by atoms with van der Waals surface area (Å²) in [6.07, 6.45) is 5.63. The first-order valence-electron chi connectivity index (χ1n) is 12.3. The molecule has 0 bridgehead atoms. The van der Waals surface area contributed by atoms with E-state index in [9.17, 15) is 0 Å². The molecule has 174 valence electrons. The molecule has 4 aromatic carbocycles. The summed E-state index contributed by atoms with van der Waals surface area (Å²) < 4.78 is 6.53. The van der Waals surface area contributed by atoms with Crippen LogP contribution in [0.15, 0.2) is 128 Å². The van der Waals surface area contributed by atoms with Crippen molar-refractivity contribution in [1.82, 2.24) is 23.9 Å². The van der Waals surface area contributed by atoms with Crippen molar-refractivity contribution >= 4 is 43.6 Å². The lowest BCUT2D eigenvalue weighted by molar-refractivity contribution is 0.879. The maximum absolute atomic E-state index is 4.71. The van der Waals surface area contributed by atoms with Crippen LogP contribution in [0.2, 0.25) is 0 Å². The lowest BCUT2D eigenvalue weighted by Crippen LogP contribution is -1.99. The number of nitrogens with zero attached hydrogens (tertiary/aromatic N) is 5. The van der Waals surface area contributed by atoms with Gasteiger partial charge in [0, 0.05) is 45.8 Å². The molecule has 0 saturated heterocycles. The molecule has 8 rings (SSSR count). The Morgan fingerprint density at radius 2 is 1.16 bits per heavy atom. The minimum Gasteiger partial charge on any atom is -0.309 e. The molecule has 0 atom stereocenters. The summed E-state index contributed by atoms with van der Waals surface area (Å²) in [5.41, 5.74) is 6.75. The summed E-state index contributed by atoms with van der Waals surface area (Å²) >= 11 is 0. The first-order chi connectivity index (χ1) is 18.4. The van der Waals surface area contributed by atoms with Gasteiger partial charge in [0.1, 0.15) is 5.82 Å². The summed E-state index contributed by atoms with van der Waals surface area (Å²) in [5.74, 6) is 0.913. The van der Waals surface area contributed by atoms with Crippen LogP contribution in [0.25, 0.3) is 60.8 Å². The van der Waals surface area contributed by atoms with Crippen molar-refractivity contribution in [3.05, 3.63) is 128 Å². The van der Waals surface area contributed by atoms with E-state index < -0.39 is 0 Å². The molecule has 4 heterocycles. The minimum absolute atomic E-state index is 0.913. The van der Waals surface area contributed by atoms with Crippen LogP contribution in [-0.2, 0) is 0 Å². The monoisotopic (exact) mass is 475 g/mol. The molecule has 0 unspecified atom stereocenters. The summed E-state index contributed by atoms with van der Waals surface area (Å²) in [6.45, 7) is 0. The Hall–Kier alpha value is -5.16. The molecule has 0 saturated carbocycles. The lowest BCUT2D eigenvalue weighted by atomic mass is 10.1. The second kappa shape index (κ2) is 7.67. The second-order valence-corrected chi connectivity index (χ2v) is 9.25. The molecule has 37 heavy (non-hydrogen) atoms. The Morgan fingerprint density at radius 3 is 1.89 bits per heavy atom. The van der Waals surface area contributed by atoms with Crippen LogP contribution in [0.1, 0.15) is 0 Å². The zero-order valence-corrected chi connectivity index (χ0v) is 19.9. The van der Waals surface area contributed by atoms with Crippen LogP contribution in [0.4, 0.5) is 0 Å². The van der Waals surface area contributed by atoms with E-state index in [0.717, 1.165) is 33.7 Å². The predicted molar refractivity (Wildman–Crippen MR) is 150 cm³/mol. The highest BCUT2D eigenvalue weighted by atomic mass is 15.3. The van der Waals surface area contributed by atoms with E-state index in [2.05, 4.69) is 105 Å². The number of rotatable bonds is 3. The highest BCUT2D eigenvalue weighted by Crippen LogP contribution is 2.39. The molecule has 5 nitrogen and oxygen atoms in total. The zero-order valence-electron chi connectivity index (χ0n) is 19.9. The van der Waals surface area contributed by atoms with Crippen LogP contribution in [0.5, 0.6) is 0 Å².